The molecule has 4 aromatic heterocycles. The number of aromatic nitrogens is 6. The van der Waals surface area contributed by atoms with Gasteiger partial charge in [0.25, 0.3) is 5.56 Å². The number of fused-ring (bicyclic) bond motifs is 2. The molecule has 2 N–H and O–H groups in total. The van der Waals surface area contributed by atoms with Crippen LogP contribution in [0.3, 0.4) is 0 Å². The molecule has 0 aliphatic carbocycles. The van der Waals surface area contributed by atoms with Crippen molar-refractivity contribution in [2.45, 2.75) is 6.54 Å². The topological polar surface area (TPSA) is 103 Å². The van der Waals surface area contributed by atoms with E-state index in [1.807, 2.05) is 24.3 Å². The molecular formula is C21H18ClN7O2. The molecule has 0 saturated carbocycles. The van der Waals surface area contributed by atoms with E-state index in [1.54, 1.807) is 43.1 Å². The van der Waals surface area contributed by atoms with Gasteiger partial charge in [-0.1, -0.05) is 23.7 Å². The Balaban J connectivity index is 1.63. The summed E-state index contributed by atoms with van der Waals surface area (Å²) >= 11 is 6.25. The summed E-state index contributed by atoms with van der Waals surface area (Å²) in [6.45, 7) is 0.0840. The van der Waals surface area contributed by atoms with Crippen molar-refractivity contribution in [3.05, 3.63) is 80.2 Å². The van der Waals surface area contributed by atoms with Gasteiger partial charge in [0.05, 0.1) is 6.54 Å². The summed E-state index contributed by atoms with van der Waals surface area (Å²) < 4.78 is 4.19. The van der Waals surface area contributed by atoms with Gasteiger partial charge in [-0.2, -0.15) is 4.98 Å². The molecule has 0 radical (unpaired) electrons. The minimum absolute atomic E-state index is 0.0840. The van der Waals surface area contributed by atoms with E-state index in [0.29, 0.717) is 33.6 Å². The maximum absolute atomic E-state index is 13.3. The Morgan fingerprint density at radius 2 is 1.94 bits per heavy atom. The Kier molecular flexibility index (Phi) is 4.40. The number of anilines is 2. The molecule has 0 unspecified atom stereocenters. The van der Waals surface area contributed by atoms with Crippen LogP contribution in [0.1, 0.15) is 5.69 Å². The molecule has 0 atom stereocenters. The number of rotatable bonds is 4. The SMILES string of the molecule is Cn1c(Nc2ccccn2)nc2c1c(=O)n(Cc1cc3c(Cl)cccc3[nH]1)c(=O)n2C. The lowest BCUT2D eigenvalue weighted by atomic mass is 10.2. The van der Waals surface area contributed by atoms with Crippen LogP contribution in [0.4, 0.5) is 11.8 Å². The molecule has 5 aromatic rings. The van der Waals surface area contributed by atoms with Gasteiger partial charge in [-0.25, -0.2) is 9.78 Å². The third kappa shape index (κ3) is 3.10. The maximum Gasteiger partial charge on any atom is 0.332 e. The van der Waals surface area contributed by atoms with Crippen LogP contribution in [-0.2, 0) is 20.6 Å². The molecule has 1 aromatic carbocycles. The first-order chi connectivity index (χ1) is 14.9. The van der Waals surface area contributed by atoms with Crippen molar-refractivity contribution in [3.8, 4) is 0 Å². The van der Waals surface area contributed by atoms with Gasteiger partial charge in [0.1, 0.15) is 5.82 Å². The monoisotopic (exact) mass is 435 g/mol. The molecule has 31 heavy (non-hydrogen) atoms. The van der Waals surface area contributed by atoms with Gasteiger partial charge < -0.3 is 14.9 Å². The zero-order chi connectivity index (χ0) is 21.7. The van der Waals surface area contributed by atoms with Gasteiger partial charge in [-0.15, -0.1) is 0 Å². The van der Waals surface area contributed by atoms with E-state index in [9.17, 15) is 9.59 Å². The number of nitrogens with one attached hydrogen (secondary N) is 2. The number of imidazole rings is 1. The van der Waals surface area contributed by atoms with Crippen LogP contribution in [0.15, 0.2) is 58.3 Å². The van der Waals surface area contributed by atoms with Crippen LogP contribution in [-0.4, -0.2) is 28.7 Å². The van der Waals surface area contributed by atoms with Crippen molar-refractivity contribution < 1.29 is 0 Å². The normalized spacial score (nSPS) is 11.5. The van der Waals surface area contributed by atoms with Crippen molar-refractivity contribution in [2.24, 2.45) is 14.1 Å². The lowest BCUT2D eigenvalue weighted by Gasteiger charge is -2.08. The number of H-pyrrole nitrogens is 1. The molecule has 10 heteroatoms. The number of pyridine rings is 1. The summed E-state index contributed by atoms with van der Waals surface area (Å²) in [6.07, 6.45) is 1.65. The predicted molar refractivity (Wildman–Crippen MR) is 120 cm³/mol. The van der Waals surface area contributed by atoms with Gasteiger partial charge in [-0.3, -0.25) is 13.9 Å². The van der Waals surface area contributed by atoms with Crippen LogP contribution < -0.4 is 16.6 Å². The number of benzene rings is 1. The summed E-state index contributed by atoms with van der Waals surface area (Å²) in [4.78, 5) is 38.2. The second-order valence-electron chi connectivity index (χ2n) is 7.24. The van der Waals surface area contributed by atoms with Crippen LogP contribution in [0.25, 0.3) is 22.1 Å². The zero-order valence-electron chi connectivity index (χ0n) is 16.8. The van der Waals surface area contributed by atoms with E-state index in [4.69, 9.17) is 11.6 Å². The largest absolute Gasteiger partial charge is 0.357 e. The lowest BCUT2D eigenvalue weighted by molar-refractivity contribution is 0.648. The highest BCUT2D eigenvalue weighted by Gasteiger charge is 2.19. The number of hydrogen-bond donors (Lipinski definition) is 2. The molecule has 0 saturated heterocycles. The highest BCUT2D eigenvalue weighted by molar-refractivity contribution is 6.35. The van der Waals surface area contributed by atoms with Crippen molar-refractivity contribution >= 4 is 45.4 Å². The molecule has 0 amide bonds. The van der Waals surface area contributed by atoms with E-state index < -0.39 is 11.2 Å². The Bertz CT molecular complexity index is 1560. The van der Waals surface area contributed by atoms with Crippen LogP contribution in [0.2, 0.25) is 5.02 Å². The third-order valence-corrected chi connectivity index (χ3v) is 5.59. The van der Waals surface area contributed by atoms with Gasteiger partial charge in [0.2, 0.25) is 5.95 Å². The van der Waals surface area contributed by atoms with Crippen LogP contribution in [0, 0.1) is 0 Å². The van der Waals surface area contributed by atoms with Crippen molar-refractivity contribution in [1.29, 1.82) is 0 Å². The number of aryl methyl sites for hydroxylation is 2. The van der Waals surface area contributed by atoms with Crippen molar-refractivity contribution in [3.63, 3.8) is 0 Å². The fourth-order valence-corrected chi connectivity index (χ4v) is 3.91. The minimum atomic E-state index is -0.454. The van der Waals surface area contributed by atoms with Crippen LogP contribution >= 0.6 is 11.6 Å². The van der Waals surface area contributed by atoms with Gasteiger partial charge in [0, 0.05) is 41.9 Å². The molecule has 0 spiro atoms. The van der Waals surface area contributed by atoms with E-state index in [1.165, 1.54) is 9.13 Å². The molecule has 0 bridgehead atoms. The molecule has 156 valence electrons. The molecule has 0 aliphatic rings. The minimum Gasteiger partial charge on any atom is -0.357 e. The fraction of sp³-hybridized carbons (Fsp3) is 0.143. The second kappa shape index (κ2) is 7.13. The summed E-state index contributed by atoms with van der Waals surface area (Å²) in [5, 5.41) is 4.53. The van der Waals surface area contributed by atoms with Crippen LogP contribution in [0.5, 0.6) is 0 Å². The number of hydrogen-bond acceptors (Lipinski definition) is 5. The van der Waals surface area contributed by atoms with Crippen molar-refractivity contribution in [1.82, 2.24) is 28.7 Å². The standard InChI is InChI=1S/C21H18ClN7O2/c1-27-17-18(26-20(27)25-16-8-3-4-9-23-16)28(2)21(31)29(19(17)30)11-12-10-13-14(22)6-5-7-15(13)24-12/h3-10,24H,11H2,1-2H3,(H,23,25,26). The first kappa shape index (κ1) is 19.1. The summed E-state index contributed by atoms with van der Waals surface area (Å²) in [7, 11) is 3.32. The van der Waals surface area contributed by atoms with Gasteiger partial charge in [0.15, 0.2) is 11.2 Å². The zero-order valence-corrected chi connectivity index (χ0v) is 17.5. The third-order valence-electron chi connectivity index (χ3n) is 5.26. The Morgan fingerprint density at radius 1 is 1.10 bits per heavy atom. The fourth-order valence-electron chi connectivity index (χ4n) is 3.68. The number of aromatic amines is 1. The van der Waals surface area contributed by atoms with Gasteiger partial charge in [-0.05, 0) is 30.3 Å². The molecule has 5 rings (SSSR count). The van der Waals surface area contributed by atoms with E-state index in [0.717, 1.165) is 10.9 Å². The van der Waals surface area contributed by atoms with Crippen molar-refractivity contribution in [2.75, 3.05) is 5.32 Å². The average molecular weight is 436 g/mol. The first-order valence-corrected chi connectivity index (χ1v) is 9.92. The van der Waals surface area contributed by atoms with E-state index >= 15 is 0 Å². The summed E-state index contributed by atoms with van der Waals surface area (Å²) in [5.74, 6) is 0.997. The highest BCUT2D eigenvalue weighted by atomic mass is 35.5. The Labute approximate surface area is 180 Å². The predicted octanol–water partition coefficient (Wildman–Crippen LogP) is 2.76. The number of halogens is 1. The first-order valence-electron chi connectivity index (χ1n) is 9.54. The summed E-state index contributed by atoms with van der Waals surface area (Å²) in [5.41, 5.74) is 1.28. The quantitative estimate of drug-likeness (QED) is 0.452. The Hall–Kier alpha value is -3.85. The maximum atomic E-state index is 13.3. The molecular weight excluding hydrogens is 418 g/mol. The molecule has 9 nitrogen and oxygen atoms in total. The molecule has 0 fully saturated rings. The molecule has 4 heterocycles. The highest BCUT2D eigenvalue weighted by Crippen LogP contribution is 2.24. The second-order valence-corrected chi connectivity index (χ2v) is 7.64. The van der Waals surface area contributed by atoms with Gasteiger partial charge >= 0.3 is 5.69 Å². The van der Waals surface area contributed by atoms with E-state index in [2.05, 4.69) is 20.3 Å². The Morgan fingerprint density at radius 3 is 2.68 bits per heavy atom. The number of nitrogens with zero attached hydrogens (tertiary/aromatic N) is 5. The smallest absolute Gasteiger partial charge is 0.332 e. The lowest BCUT2D eigenvalue weighted by Crippen LogP contribution is -2.39. The molecule has 0 aliphatic heterocycles. The average Bonchev–Trinajstić information content (AvgIpc) is 3.32. The summed E-state index contributed by atoms with van der Waals surface area (Å²) in [6, 6.07) is 12.8. The van der Waals surface area contributed by atoms with E-state index in [-0.39, 0.29) is 6.54 Å².